The van der Waals surface area contributed by atoms with Gasteiger partial charge in [0.15, 0.2) is 5.13 Å². The van der Waals surface area contributed by atoms with Gasteiger partial charge in [0.25, 0.3) is 5.91 Å². The number of benzene rings is 1. The van der Waals surface area contributed by atoms with Crippen molar-refractivity contribution in [2.24, 2.45) is 0 Å². The third kappa shape index (κ3) is 6.26. The molecule has 0 unspecified atom stereocenters. The van der Waals surface area contributed by atoms with Gasteiger partial charge in [0.2, 0.25) is 0 Å². The summed E-state index contributed by atoms with van der Waals surface area (Å²) < 4.78 is 0. The van der Waals surface area contributed by atoms with Crippen molar-refractivity contribution in [2.45, 2.75) is 27.2 Å². The number of nitrogens with one attached hydrogen (secondary N) is 1. The molecule has 1 aliphatic heterocycles. The SMILES string of the molecule is CC.CNc1nc(-c2ccnc(-c3ccc(C(=O)N4CCCN(C)CC4)cc3)c2)c(-c2cccc(C)n2)s1. The third-order valence-electron chi connectivity index (χ3n) is 6.43. The number of hydrogen-bond acceptors (Lipinski definition) is 7. The van der Waals surface area contributed by atoms with Gasteiger partial charge in [-0.05, 0) is 63.3 Å². The van der Waals surface area contributed by atoms with E-state index < -0.39 is 0 Å². The van der Waals surface area contributed by atoms with Crippen molar-refractivity contribution in [2.75, 3.05) is 45.6 Å². The number of carbonyl (C=O) groups excluding carboxylic acids is 1. The standard InChI is InChI=1S/C28H30N6OS.C2H6/c1-19-6-4-7-23(31-19)26-25(32-28(29-2)36-26)22-12-13-30-24(18-22)20-8-10-21(11-9-20)27(35)34-15-5-14-33(3)16-17-34;1-2/h4,6-13,18H,5,14-17H2,1-3H3,(H,29,32);1-2H3. The highest BCUT2D eigenvalue weighted by Crippen LogP contribution is 2.38. The summed E-state index contributed by atoms with van der Waals surface area (Å²) in [6.45, 7) is 9.50. The van der Waals surface area contributed by atoms with Crippen LogP contribution in [0.5, 0.6) is 0 Å². The highest BCUT2D eigenvalue weighted by molar-refractivity contribution is 7.19. The second-order valence-corrected chi connectivity index (χ2v) is 10.1. The first kappa shape index (κ1) is 27.4. The van der Waals surface area contributed by atoms with Crippen LogP contribution in [0.1, 0.15) is 36.3 Å². The molecule has 4 heterocycles. The molecule has 0 aliphatic carbocycles. The Balaban J connectivity index is 0.00000164. The molecule has 3 aromatic heterocycles. The molecule has 1 amide bonds. The average Bonchev–Trinajstić information content (AvgIpc) is 3.29. The lowest BCUT2D eigenvalue weighted by Crippen LogP contribution is -2.34. The number of anilines is 1. The van der Waals surface area contributed by atoms with E-state index in [1.165, 1.54) is 0 Å². The number of hydrogen-bond donors (Lipinski definition) is 1. The number of aryl methyl sites for hydroxylation is 1. The van der Waals surface area contributed by atoms with Crippen LogP contribution in [-0.4, -0.2) is 70.9 Å². The number of amides is 1. The van der Waals surface area contributed by atoms with E-state index in [4.69, 9.17) is 9.97 Å². The maximum absolute atomic E-state index is 13.0. The molecular weight excluding hydrogens is 492 g/mol. The van der Waals surface area contributed by atoms with Gasteiger partial charge >= 0.3 is 0 Å². The van der Waals surface area contributed by atoms with Crippen molar-refractivity contribution in [3.05, 3.63) is 72.1 Å². The first-order valence-corrected chi connectivity index (χ1v) is 14.0. The summed E-state index contributed by atoms with van der Waals surface area (Å²) in [5.41, 5.74) is 6.24. The van der Waals surface area contributed by atoms with Crippen LogP contribution in [0, 0.1) is 6.92 Å². The lowest BCUT2D eigenvalue weighted by Gasteiger charge is -2.20. The quantitative estimate of drug-likeness (QED) is 0.338. The molecule has 0 spiro atoms. The molecule has 198 valence electrons. The van der Waals surface area contributed by atoms with Crippen LogP contribution in [0.3, 0.4) is 0 Å². The minimum atomic E-state index is 0.0934. The van der Waals surface area contributed by atoms with E-state index in [1.54, 1.807) is 11.3 Å². The Morgan fingerprint density at radius 1 is 0.921 bits per heavy atom. The monoisotopic (exact) mass is 528 g/mol. The summed E-state index contributed by atoms with van der Waals surface area (Å²) in [4.78, 5) is 32.5. The molecule has 1 aliphatic rings. The predicted octanol–water partition coefficient (Wildman–Crippen LogP) is 6.09. The molecular formula is C30H36N6OS. The summed E-state index contributed by atoms with van der Waals surface area (Å²) in [5, 5.41) is 4.00. The van der Waals surface area contributed by atoms with Crippen molar-refractivity contribution in [3.63, 3.8) is 0 Å². The molecule has 8 heteroatoms. The summed E-state index contributed by atoms with van der Waals surface area (Å²) in [6, 6.07) is 17.8. The highest BCUT2D eigenvalue weighted by atomic mass is 32.1. The lowest BCUT2D eigenvalue weighted by molar-refractivity contribution is 0.0763. The molecule has 0 atom stereocenters. The van der Waals surface area contributed by atoms with E-state index in [9.17, 15) is 4.79 Å². The first-order valence-electron chi connectivity index (χ1n) is 13.2. The molecule has 4 aromatic rings. The fraction of sp³-hybridized carbons (Fsp3) is 0.333. The van der Waals surface area contributed by atoms with Crippen molar-refractivity contribution in [3.8, 4) is 33.1 Å². The molecule has 5 rings (SSSR count). The van der Waals surface area contributed by atoms with Gasteiger partial charge < -0.3 is 15.1 Å². The van der Waals surface area contributed by atoms with Crippen molar-refractivity contribution in [1.82, 2.24) is 24.8 Å². The average molecular weight is 529 g/mol. The van der Waals surface area contributed by atoms with Gasteiger partial charge in [0.05, 0.1) is 22.0 Å². The third-order valence-corrected chi connectivity index (χ3v) is 7.53. The van der Waals surface area contributed by atoms with Crippen LogP contribution in [0.2, 0.25) is 0 Å². The Kier molecular flexibility index (Phi) is 9.20. The Bertz CT molecular complexity index is 1370. The highest BCUT2D eigenvalue weighted by Gasteiger charge is 2.20. The molecule has 1 saturated heterocycles. The van der Waals surface area contributed by atoms with Gasteiger partial charge in [-0.25, -0.2) is 4.98 Å². The van der Waals surface area contributed by atoms with E-state index in [-0.39, 0.29) is 5.91 Å². The predicted molar refractivity (Wildman–Crippen MR) is 158 cm³/mol. The van der Waals surface area contributed by atoms with Gasteiger partial charge in [-0.2, -0.15) is 0 Å². The molecule has 7 nitrogen and oxygen atoms in total. The zero-order chi connectivity index (χ0) is 27.1. The molecule has 1 aromatic carbocycles. The topological polar surface area (TPSA) is 74.2 Å². The van der Waals surface area contributed by atoms with E-state index in [2.05, 4.69) is 28.3 Å². The Labute approximate surface area is 229 Å². The van der Waals surface area contributed by atoms with E-state index in [0.29, 0.717) is 5.56 Å². The normalized spacial score (nSPS) is 13.9. The number of rotatable bonds is 5. The van der Waals surface area contributed by atoms with Crippen molar-refractivity contribution >= 4 is 22.4 Å². The lowest BCUT2D eigenvalue weighted by atomic mass is 10.0. The number of likely N-dealkylation sites (N-methyl/N-ethyl adjacent to an activating group) is 1. The summed E-state index contributed by atoms with van der Waals surface area (Å²) in [5.74, 6) is 0.0934. The number of pyridine rings is 2. The van der Waals surface area contributed by atoms with Crippen LogP contribution >= 0.6 is 11.3 Å². The molecule has 0 bridgehead atoms. The Hall–Kier alpha value is -3.62. The van der Waals surface area contributed by atoms with Gasteiger partial charge in [-0.15, -0.1) is 0 Å². The fourth-order valence-corrected chi connectivity index (χ4v) is 5.33. The smallest absolute Gasteiger partial charge is 0.253 e. The van der Waals surface area contributed by atoms with Gasteiger partial charge in [-0.1, -0.05) is 43.4 Å². The summed E-state index contributed by atoms with van der Waals surface area (Å²) in [6.07, 6.45) is 2.81. The number of carbonyl (C=O) groups is 1. The van der Waals surface area contributed by atoms with Gasteiger partial charge in [-0.3, -0.25) is 14.8 Å². The largest absolute Gasteiger partial charge is 0.365 e. The van der Waals surface area contributed by atoms with E-state index in [1.807, 2.05) is 87.4 Å². The zero-order valence-electron chi connectivity index (χ0n) is 22.9. The minimum Gasteiger partial charge on any atom is -0.365 e. The maximum Gasteiger partial charge on any atom is 0.253 e. The number of nitrogens with zero attached hydrogens (tertiary/aromatic N) is 5. The molecule has 0 radical (unpaired) electrons. The van der Waals surface area contributed by atoms with E-state index in [0.717, 1.165) is 76.5 Å². The van der Waals surface area contributed by atoms with Crippen LogP contribution in [0.4, 0.5) is 5.13 Å². The van der Waals surface area contributed by atoms with Gasteiger partial charge in [0, 0.05) is 55.3 Å². The fourth-order valence-electron chi connectivity index (χ4n) is 4.42. The van der Waals surface area contributed by atoms with Crippen LogP contribution in [0.15, 0.2) is 60.8 Å². The van der Waals surface area contributed by atoms with Crippen LogP contribution in [0.25, 0.3) is 33.1 Å². The first-order chi connectivity index (χ1) is 18.5. The van der Waals surface area contributed by atoms with Crippen LogP contribution < -0.4 is 5.32 Å². The Morgan fingerprint density at radius 3 is 2.45 bits per heavy atom. The Morgan fingerprint density at radius 2 is 1.71 bits per heavy atom. The minimum absolute atomic E-state index is 0.0934. The number of thiazole rings is 1. The van der Waals surface area contributed by atoms with Crippen molar-refractivity contribution in [1.29, 1.82) is 0 Å². The molecule has 1 N–H and O–H groups in total. The maximum atomic E-state index is 13.0. The van der Waals surface area contributed by atoms with E-state index >= 15 is 0 Å². The second kappa shape index (κ2) is 12.8. The molecule has 1 fully saturated rings. The second-order valence-electron chi connectivity index (χ2n) is 9.07. The zero-order valence-corrected chi connectivity index (χ0v) is 23.7. The number of aromatic nitrogens is 3. The summed E-state index contributed by atoms with van der Waals surface area (Å²) in [7, 11) is 3.98. The van der Waals surface area contributed by atoms with Crippen LogP contribution in [-0.2, 0) is 0 Å². The molecule has 0 saturated carbocycles. The van der Waals surface area contributed by atoms with Crippen molar-refractivity contribution < 1.29 is 4.79 Å². The van der Waals surface area contributed by atoms with Gasteiger partial charge in [0.1, 0.15) is 0 Å². The molecule has 38 heavy (non-hydrogen) atoms. The summed E-state index contributed by atoms with van der Waals surface area (Å²) >= 11 is 1.59.